The molecule has 0 aromatic rings. The van der Waals surface area contributed by atoms with Gasteiger partial charge in [-0.25, -0.2) is 0 Å². The maximum atomic E-state index is 12.9. The number of ether oxygens (including phenoxy) is 1. The summed E-state index contributed by atoms with van der Waals surface area (Å²) in [7, 11) is 0. The van der Waals surface area contributed by atoms with Gasteiger partial charge in [0.15, 0.2) is 6.10 Å². The molecule has 0 aromatic heterocycles. The molecule has 1 heterocycles. The molecule has 154 valence electrons. The number of imide groups is 1. The van der Waals surface area contributed by atoms with Gasteiger partial charge in [0.25, 0.3) is 11.1 Å². The number of rotatable bonds is 6. The first-order chi connectivity index (χ1) is 13.2. The maximum absolute atomic E-state index is 12.9. The van der Waals surface area contributed by atoms with Crippen molar-refractivity contribution in [1.29, 1.82) is 0 Å². The Hall–Kier alpha value is -1.61. The summed E-state index contributed by atoms with van der Waals surface area (Å²) < 4.78 is 5.49. The third kappa shape index (κ3) is 3.54. The van der Waals surface area contributed by atoms with Gasteiger partial charge in [-0.1, -0.05) is 11.8 Å². The van der Waals surface area contributed by atoms with Gasteiger partial charge in [-0.3, -0.25) is 24.1 Å². The van der Waals surface area contributed by atoms with E-state index >= 15 is 0 Å². The lowest BCUT2D eigenvalue weighted by molar-refractivity contribution is -0.200. The zero-order valence-corrected chi connectivity index (χ0v) is 16.8. The van der Waals surface area contributed by atoms with Crippen LogP contribution in [0, 0.1) is 17.3 Å². The summed E-state index contributed by atoms with van der Waals surface area (Å²) in [5.41, 5.74) is -1.43. The largest absolute Gasteiger partial charge is 0.452 e. The highest BCUT2D eigenvalue weighted by molar-refractivity contribution is 8.14. The molecule has 1 saturated heterocycles. The average Bonchev–Trinajstić information content (AvgIpc) is 2.91. The number of aliphatic hydroxyl groups is 1. The van der Waals surface area contributed by atoms with E-state index < -0.39 is 23.0 Å². The molecule has 2 N–H and O–H groups in total. The second kappa shape index (κ2) is 7.02. The first kappa shape index (κ1) is 19.7. The number of carbonyl (C=O) groups excluding carboxylic acids is 4. The van der Waals surface area contributed by atoms with Gasteiger partial charge >= 0.3 is 5.97 Å². The quantitative estimate of drug-likeness (QED) is 0.630. The summed E-state index contributed by atoms with van der Waals surface area (Å²) in [6.07, 6.45) is 3.53. The molecule has 4 aliphatic carbocycles. The molecule has 3 amide bonds. The van der Waals surface area contributed by atoms with E-state index in [0.29, 0.717) is 18.3 Å². The Bertz CT molecular complexity index is 695. The van der Waals surface area contributed by atoms with E-state index in [1.54, 1.807) is 0 Å². The molecule has 5 aliphatic rings. The average molecular weight is 410 g/mol. The smallest absolute Gasteiger partial charge is 0.312 e. The standard InChI is InChI=1S/C19H26N2O6S/c1-11(15(23)20-2-3-21-14(22)9-28-17(21)25)27-16(24)18-5-12-4-13(6-18)8-19(26,7-12)10-18/h11-13,26H,2-10H2,1H3,(H,20,23)/t11-,12-,13+,18?,19?/m0/s1. The van der Waals surface area contributed by atoms with Crippen molar-refractivity contribution in [3.63, 3.8) is 0 Å². The van der Waals surface area contributed by atoms with Gasteiger partial charge in [0.05, 0.1) is 16.8 Å². The van der Waals surface area contributed by atoms with Crippen LogP contribution in [-0.2, 0) is 19.1 Å². The topological polar surface area (TPSA) is 113 Å². The number of esters is 1. The number of thioether (sulfide) groups is 1. The molecule has 4 bridgehead atoms. The van der Waals surface area contributed by atoms with Crippen LogP contribution >= 0.6 is 11.8 Å². The minimum atomic E-state index is -0.963. The summed E-state index contributed by atoms with van der Waals surface area (Å²) in [6.45, 7) is 1.75. The molecule has 1 aliphatic heterocycles. The van der Waals surface area contributed by atoms with Crippen molar-refractivity contribution in [2.24, 2.45) is 17.3 Å². The van der Waals surface area contributed by atoms with E-state index in [1.807, 2.05) is 0 Å². The number of hydrogen-bond acceptors (Lipinski definition) is 7. The summed E-state index contributed by atoms with van der Waals surface area (Å²) in [4.78, 5) is 49.4. The Balaban J connectivity index is 1.29. The van der Waals surface area contributed by atoms with Crippen molar-refractivity contribution in [3.05, 3.63) is 0 Å². The van der Waals surface area contributed by atoms with Crippen LogP contribution in [0.5, 0.6) is 0 Å². The van der Waals surface area contributed by atoms with E-state index in [1.165, 1.54) is 6.92 Å². The van der Waals surface area contributed by atoms with Crippen molar-refractivity contribution in [2.75, 3.05) is 18.8 Å². The summed E-state index contributed by atoms with van der Waals surface area (Å²) in [5.74, 6) is -0.249. The molecule has 0 spiro atoms. The number of hydrogen-bond donors (Lipinski definition) is 2. The number of nitrogens with one attached hydrogen (secondary N) is 1. The molecular weight excluding hydrogens is 384 g/mol. The van der Waals surface area contributed by atoms with Crippen molar-refractivity contribution in [2.45, 2.75) is 57.2 Å². The highest BCUT2D eigenvalue weighted by Gasteiger charge is 2.61. The van der Waals surface area contributed by atoms with E-state index in [-0.39, 0.29) is 36.0 Å². The molecule has 5 fully saturated rings. The molecule has 4 saturated carbocycles. The molecule has 9 heteroatoms. The number of amides is 3. The Labute approximate surface area is 167 Å². The Morgan fingerprint density at radius 2 is 1.96 bits per heavy atom. The fourth-order valence-corrected chi connectivity index (χ4v) is 6.58. The van der Waals surface area contributed by atoms with Gasteiger partial charge in [0, 0.05) is 13.1 Å². The van der Waals surface area contributed by atoms with E-state index in [0.717, 1.165) is 48.8 Å². The van der Waals surface area contributed by atoms with Gasteiger partial charge in [0.1, 0.15) is 0 Å². The lowest BCUT2D eigenvalue weighted by atomic mass is 9.48. The first-order valence-corrected chi connectivity index (χ1v) is 10.9. The number of carbonyl (C=O) groups is 4. The summed E-state index contributed by atoms with van der Waals surface area (Å²) in [5, 5.41) is 13.1. The molecule has 2 unspecified atom stereocenters. The molecule has 28 heavy (non-hydrogen) atoms. The lowest BCUT2D eigenvalue weighted by Crippen LogP contribution is -2.59. The normalized spacial score (nSPS) is 37.3. The second-order valence-corrected chi connectivity index (χ2v) is 9.83. The summed E-state index contributed by atoms with van der Waals surface area (Å²) in [6, 6.07) is 0. The van der Waals surface area contributed by atoms with Crippen LogP contribution in [0.3, 0.4) is 0 Å². The predicted molar refractivity (Wildman–Crippen MR) is 100 cm³/mol. The zero-order valence-electron chi connectivity index (χ0n) is 15.9. The molecular formula is C19H26N2O6S. The minimum absolute atomic E-state index is 0.109. The third-order valence-electron chi connectivity index (χ3n) is 6.59. The van der Waals surface area contributed by atoms with Crippen LogP contribution in [0.1, 0.15) is 45.4 Å². The Morgan fingerprint density at radius 3 is 2.54 bits per heavy atom. The molecule has 5 rings (SSSR count). The van der Waals surface area contributed by atoms with Crippen LogP contribution in [0.15, 0.2) is 0 Å². The molecule has 0 aromatic carbocycles. The van der Waals surface area contributed by atoms with Crippen LogP contribution in [0.4, 0.5) is 4.79 Å². The fraction of sp³-hybridized carbons (Fsp3) is 0.789. The Kier molecular flexibility index (Phi) is 4.94. The van der Waals surface area contributed by atoms with E-state index in [9.17, 15) is 24.3 Å². The zero-order chi connectivity index (χ0) is 20.1. The third-order valence-corrected chi connectivity index (χ3v) is 7.45. The van der Waals surface area contributed by atoms with Crippen molar-refractivity contribution in [3.8, 4) is 0 Å². The first-order valence-electron chi connectivity index (χ1n) is 9.88. The molecule has 0 radical (unpaired) electrons. The highest BCUT2D eigenvalue weighted by Crippen LogP contribution is 2.62. The predicted octanol–water partition coefficient (Wildman–Crippen LogP) is 1.06. The monoisotopic (exact) mass is 410 g/mol. The number of nitrogens with zero attached hydrogens (tertiary/aromatic N) is 1. The summed E-state index contributed by atoms with van der Waals surface area (Å²) >= 11 is 0.949. The molecule has 8 nitrogen and oxygen atoms in total. The van der Waals surface area contributed by atoms with Crippen LogP contribution in [0.2, 0.25) is 0 Å². The second-order valence-electron chi connectivity index (χ2n) is 8.90. The van der Waals surface area contributed by atoms with Crippen LogP contribution < -0.4 is 5.32 Å². The fourth-order valence-electron chi connectivity index (χ4n) is 5.82. The van der Waals surface area contributed by atoms with Gasteiger partial charge in [-0.15, -0.1) is 0 Å². The Morgan fingerprint density at radius 1 is 1.29 bits per heavy atom. The minimum Gasteiger partial charge on any atom is -0.452 e. The maximum Gasteiger partial charge on any atom is 0.312 e. The van der Waals surface area contributed by atoms with Gasteiger partial charge in [-0.2, -0.15) is 0 Å². The van der Waals surface area contributed by atoms with E-state index in [4.69, 9.17) is 4.74 Å². The highest BCUT2D eigenvalue weighted by atomic mass is 32.2. The van der Waals surface area contributed by atoms with Gasteiger partial charge < -0.3 is 15.2 Å². The van der Waals surface area contributed by atoms with E-state index in [2.05, 4.69) is 5.32 Å². The van der Waals surface area contributed by atoms with Crippen LogP contribution in [0.25, 0.3) is 0 Å². The van der Waals surface area contributed by atoms with Crippen LogP contribution in [-0.4, -0.2) is 63.6 Å². The van der Waals surface area contributed by atoms with Gasteiger partial charge in [-0.05, 0) is 57.3 Å². The van der Waals surface area contributed by atoms with Crippen molar-refractivity contribution < 1.29 is 29.0 Å². The molecule has 5 atom stereocenters. The lowest BCUT2D eigenvalue weighted by Gasteiger charge is -2.58. The van der Waals surface area contributed by atoms with Crippen molar-refractivity contribution >= 4 is 34.8 Å². The van der Waals surface area contributed by atoms with Crippen molar-refractivity contribution in [1.82, 2.24) is 10.2 Å². The van der Waals surface area contributed by atoms with Gasteiger partial charge in [0.2, 0.25) is 5.91 Å². The SMILES string of the molecule is C[C@H](OC(=O)C12C[C@@H]3C[C@@H](CC(O)(C3)C1)C2)C(=O)NCCN1C(=O)CSC1=O.